The van der Waals surface area contributed by atoms with Gasteiger partial charge in [0.05, 0.1) is 12.0 Å². The Kier molecular flexibility index (Phi) is 5.54. The molecule has 0 radical (unpaired) electrons. The Morgan fingerprint density at radius 3 is 1.95 bits per heavy atom. The molecule has 0 aliphatic carbocycles. The van der Waals surface area contributed by atoms with Crippen LogP contribution in [0.25, 0.3) is 0 Å². The standard InChI is InChI=1S/C18H26N2O/c1-12(2)14-7-9-15(10-8-14)16(13(3)4)17(21)20-18(5,6)11-19/h7-10,12-13,16H,1-6H3,(H,20,21). The topological polar surface area (TPSA) is 52.9 Å². The first-order valence-electron chi connectivity index (χ1n) is 7.51. The largest absolute Gasteiger partial charge is 0.338 e. The molecule has 1 aromatic rings. The summed E-state index contributed by atoms with van der Waals surface area (Å²) < 4.78 is 0. The minimum atomic E-state index is -0.845. The van der Waals surface area contributed by atoms with Crippen molar-refractivity contribution in [3.05, 3.63) is 35.4 Å². The molecule has 1 aromatic carbocycles. The smallest absolute Gasteiger partial charge is 0.229 e. The zero-order valence-electron chi connectivity index (χ0n) is 13.9. The lowest BCUT2D eigenvalue weighted by Gasteiger charge is -2.25. The van der Waals surface area contributed by atoms with Gasteiger partial charge in [-0.15, -0.1) is 0 Å². The molecule has 1 amide bonds. The molecule has 1 N–H and O–H groups in total. The number of rotatable bonds is 5. The van der Waals surface area contributed by atoms with Crippen LogP contribution in [0.4, 0.5) is 0 Å². The average Bonchev–Trinajstić information content (AvgIpc) is 2.38. The van der Waals surface area contributed by atoms with Crippen LogP contribution in [0.15, 0.2) is 24.3 Å². The van der Waals surface area contributed by atoms with Crippen LogP contribution >= 0.6 is 0 Å². The van der Waals surface area contributed by atoms with Crippen molar-refractivity contribution in [1.29, 1.82) is 5.26 Å². The molecule has 3 nitrogen and oxygen atoms in total. The molecule has 0 saturated carbocycles. The Morgan fingerprint density at radius 2 is 1.57 bits per heavy atom. The minimum Gasteiger partial charge on any atom is -0.338 e. The molecule has 21 heavy (non-hydrogen) atoms. The molecule has 1 atom stereocenters. The predicted octanol–water partition coefficient (Wildman–Crippen LogP) is 3.97. The number of nitrogens with zero attached hydrogens (tertiary/aromatic N) is 1. The molecular formula is C18H26N2O. The first kappa shape index (κ1) is 17.2. The summed E-state index contributed by atoms with van der Waals surface area (Å²) in [7, 11) is 0. The Morgan fingerprint density at radius 1 is 1.10 bits per heavy atom. The predicted molar refractivity (Wildman–Crippen MR) is 85.9 cm³/mol. The molecule has 1 rings (SSSR count). The van der Waals surface area contributed by atoms with Crippen LogP contribution in [0.3, 0.4) is 0 Å². The van der Waals surface area contributed by atoms with E-state index in [9.17, 15) is 4.79 Å². The van der Waals surface area contributed by atoms with Crippen LogP contribution in [0.2, 0.25) is 0 Å². The quantitative estimate of drug-likeness (QED) is 0.890. The van der Waals surface area contributed by atoms with Gasteiger partial charge in [0.2, 0.25) is 5.91 Å². The summed E-state index contributed by atoms with van der Waals surface area (Å²) in [6.07, 6.45) is 0. The summed E-state index contributed by atoms with van der Waals surface area (Å²) in [5.74, 6) is 0.319. The van der Waals surface area contributed by atoms with Crippen molar-refractivity contribution in [2.24, 2.45) is 5.92 Å². The van der Waals surface area contributed by atoms with Crippen LogP contribution in [-0.2, 0) is 4.79 Å². The first-order chi connectivity index (χ1) is 9.68. The van der Waals surface area contributed by atoms with Crippen LogP contribution in [0.1, 0.15) is 64.5 Å². The van der Waals surface area contributed by atoms with Crippen LogP contribution in [0, 0.1) is 17.2 Å². The summed E-state index contributed by atoms with van der Waals surface area (Å²) in [6.45, 7) is 11.8. The highest BCUT2D eigenvalue weighted by Crippen LogP contribution is 2.27. The van der Waals surface area contributed by atoms with Gasteiger partial charge in [0.15, 0.2) is 0 Å². The van der Waals surface area contributed by atoms with E-state index in [-0.39, 0.29) is 17.7 Å². The average molecular weight is 286 g/mol. The van der Waals surface area contributed by atoms with Crippen molar-refractivity contribution >= 4 is 5.91 Å². The van der Waals surface area contributed by atoms with E-state index in [1.165, 1.54) is 5.56 Å². The van der Waals surface area contributed by atoms with Gasteiger partial charge in [0.25, 0.3) is 0 Å². The molecule has 3 heteroatoms. The van der Waals surface area contributed by atoms with Crippen molar-refractivity contribution in [3.8, 4) is 6.07 Å². The van der Waals surface area contributed by atoms with E-state index in [0.29, 0.717) is 5.92 Å². The van der Waals surface area contributed by atoms with E-state index in [4.69, 9.17) is 5.26 Å². The number of carbonyl (C=O) groups excluding carboxylic acids is 1. The third kappa shape index (κ3) is 4.60. The third-order valence-corrected chi connectivity index (χ3v) is 3.63. The lowest BCUT2D eigenvalue weighted by molar-refractivity contribution is -0.124. The molecule has 0 spiro atoms. The fourth-order valence-corrected chi connectivity index (χ4v) is 2.34. The van der Waals surface area contributed by atoms with Crippen molar-refractivity contribution < 1.29 is 4.79 Å². The van der Waals surface area contributed by atoms with Crippen LogP contribution in [0.5, 0.6) is 0 Å². The number of hydrogen-bond acceptors (Lipinski definition) is 2. The van der Waals surface area contributed by atoms with E-state index < -0.39 is 5.54 Å². The summed E-state index contributed by atoms with van der Waals surface area (Å²) in [4.78, 5) is 12.5. The fourth-order valence-electron chi connectivity index (χ4n) is 2.34. The molecule has 0 aliphatic rings. The van der Waals surface area contributed by atoms with Gasteiger partial charge in [-0.1, -0.05) is 52.0 Å². The van der Waals surface area contributed by atoms with Gasteiger partial charge in [-0.3, -0.25) is 4.79 Å². The monoisotopic (exact) mass is 286 g/mol. The zero-order valence-corrected chi connectivity index (χ0v) is 13.9. The van der Waals surface area contributed by atoms with Crippen molar-refractivity contribution in [3.63, 3.8) is 0 Å². The Bertz CT molecular complexity index is 521. The van der Waals surface area contributed by atoms with Crippen molar-refractivity contribution in [1.82, 2.24) is 5.32 Å². The number of amides is 1. The molecule has 0 heterocycles. The summed E-state index contributed by atoms with van der Waals surface area (Å²) >= 11 is 0. The first-order valence-corrected chi connectivity index (χ1v) is 7.51. The van der Waals surface area contributed by atoms with E-state index in [2.05, 4.69) is 37.4 Å². The highest BCUT2D eigenvalue weighted by molar-refractivity contribution is 5.84. The number of nitriles is 1. The van der Waals surface area contributed by atoms with Gasteiger partial charge in [-0.05, 0) is 36.8 Å². The van der Waals surface area contributed by atoms with Crippen molar-refractivity contribution in [2.45, 2.75) is 58.9 Å². The number of nitrogens with one attached hydrogen (secondary N) is 1. The van der Waals surface area contributed by atoms with Crippen LogP contribution in [-0.4, -0.2) is 11.4 Å². The molecule has 0 bridgehead atoms. The van der Waals surface area contributed by atoms with E-state index >= 15 is 0 Å². The molecule has 114 valence electrons. The summed E-state index contributed by atoms with van der Waals surface area (Å²) in [6, 6.07) is 10.3. The molecule has 0 fully saturated rings. The lowest BCUT2D eigenvalue weighted by Crippen LogP contribution is -2.45. The molecular weight excluding hydrogens is 260 g/mol. The van der Waals surface area contributed by atoms with Crippen molar-refractivity contribution in [2.75, 3.05) is 0 Å². The zero-order chi connectivity index (χ0) is 16.2. The second-order valence-electron chi connectivity index (χ2n) is 6.77. The van der Waals surface area contributed by atoms with E-state index in [0.717, 1.165) is 5.56 Å². The van der Waals surface area contributed by atoms with Gasteiger partial charge in [-0.25, -0.2) is 0 Å². The maximum atomic E-state index is 12.5. The molecule has 0 aliphatic heterocycles. The highest BCUT2D eigenvalue weighted by Gasteiger charge is 2.29. The van der Waals surface area contributed by atoms with E-state index in [1.54, 1.807) is 13.8 Å². The molecule has 0 saturated heterocycles. The fraction of sp³-hybridized carbons (Fsp3) is 0.556. The Hall–Kier alpha value is -1.82. The van der Waals surface area contributed by atoms with Gasteiger partial charge in [0, 0.05) is 0 Å². The summed E-state index contributed by atoms with van der Waals surface area (Å²) in [5, 5.41) is 11.9. The second kappa shape index (κ2) is 6.76. The van der Waals surface area contributed by atoms with E-state index in [1.807, 2.05) is 26.0 Å². The van der Waals surface area contributed by atoms with Gasteiger partial charge in [0.1, 0.15) is 5.54 Å². The maximum absolute atomic E-state index is 12.5. The number of carbonyl (C=O) groups is 1. The van der Waals surface area contributed by atoms with Gasteiger partial charge < -0.3 is 5.32 Å². The SMILES string of the molecule is CC(C)c1ccc(C(C(=O)NC(C)(C)C#N)C(C)C)cc1. The highest BCUT2D eigenvalue weighted by atomic mass is 16.2. The van der Waals surface area contributed by atoms with Crippen LogP contribution < -0.4 is 5.32 Å². The molecule has 1 unspecified atom stereocenters. The normalized spacial score (nSPS) is 13.1. The Labute approximate surface area is 128 Å². The van der Waals surface area contributed by atoms with Gasteiger partial charge in [-0.2, -0.15) is 5.26 Å². The minimum absolute atomic E-state index is 0.0890. The molecule has 0 aromatic heterocycles. The summed E-state index contributed by atoms with van der Waals surface area (Å²) in [5.41, 5.74) is 1.42. The number of benzene rings is 1. The third-order valence-electron chi connectivity index (χ3n) is 3.63. The Balaban J connectivity index is 3.02. The van der Waals surface area contributed by atoms with Gasteiger partial charge >= 0.3 is 0 Å². The number of hydrogen-bond donors (Lipinski definition) is 1. The second-order valence-corrected chi connectivity index (χ2v) is 6.77. The lowest BCUT2D eigenvalue weighted by atomic mass is 9.86. The maximum Gasteiger partial charge on any atom is 0.229 e.